The van der Waals surface area contributed by atoms with Crippen LogP contribution in [0.25, 0.3) is 5.69 Å². The number of ether oxygens (including phenoxy) is 2. The molecule has 0 spiro atoms. The van der Waals surface area contributed by atoms with Gasteiger partial charge in [-0.05, 0) is 25.0 Å². The van der Waals surface area contributed by atoms with Crippen LogP contribution >= 0.6 is 0 Å². The minimum absolute atomic E-state index is 0.0786. The highest BCUT2D eigenvalue weighted by molar-refractivity contribution is 5.58. The molecule has 0 aliphatic rings. The van der Waals surface area contributed by atoms with E-state index in [-0.39, 0.29) is 5.41 Å². The maximum Gasteiger partial charge on any atom is 0.187 e. The van der Waals surface area contributed by atoms with Crippen molar-refractivity contribution in [3.63, 3.8) is 0 Å². The predicted octanol–water partition coefficient (Wildman–Crippen LogP) is 8.23. The fourth-order valence-electron chi connectivity index (χ4n) is 4.01. The van der Waals surface area contributed by atoms with Crippen LogP contribution in [0, 0.1) is 0 Å². The minimum atomic E-state index is -0.0786. The first-order chi connectivity index (χ1) is 16.4. The quantitative estimate of drug-likeness (QED) is 0.236. The number of unbranched alkanes of at least 4 members (excludes halogenated alkanes) is 10. The second-order valence-electron chi connectivity index (χ2n) is 10.5. The van der Waals surface area contributed by atoms with E-state index in [4.69, 9.17) is 20.3 Å². The molecule has 192 valence electrons. The Hall–Kier alpha value is -2.17. The topological polar surface area (TPSA) is 62.3 Å². The molecule has 0 aliphatic heterocycles. The van der Waals surface area contributed by atoms with Gasteiger partial charge in [-0.3, -0.25) is 0 Å². The van der Waals surface area contributed by atoms with Crippen molar-refractivity contribution in [2.45, 2.75) is 117 Å². The summed E-state index contributed by atoms with van der Waals surface area (Å²) in [6.07, 6.45) is 14.8. The van der Waals surface area contributed by atoms with Crippen molar-refractivity contribution in [1.29, 1.82) is 0 Å². The Morgan fingerprint density at radius 1 is 0.794 bits per heavy atom. The van der Waals surface area contributed by atoms with Crippen molar-refractivity contribution in [1.82, 2.24) is 9.78 Å². The molecule has 0 amide bonds. The lowest BCUT2D eigenvalue weighted by molar-refractivity contribution is 0.257. The number of para-hydroxylation sites is 1. The van der Waals surface area contributed by atoms with Gasteiger partial charge in [0.15, 0.2) is 11.5 Å². The lowest BCUT2D eigenvalue weighted by Gasteiger charge is -2.18. The van der Waals surface area contributed by atoms with Gasteiger partial charge >= 0.3 is 0 Å². The van der Waals surface area contributed by atoms with E-state index in [2.05, 4.69) is 34.6 Å². The molecule has 0 saturated carbocycles. The number of aromatic nitrogens is 2. The van der Waals surface area contributed by atoms with Crippen molar-refractivity contribution < 1.29 is 9.47 Å². The molecule has 0 fully saturated rings. The van der Waals surface area contributed by atoms with Gasteiger partial charge in [-0.25, -0.2) is 4.68 Å². The third-order valence-electron chi connectivity index (χ3n) is 6.19. The van der Waals surface area contributed by atoms with Crippen molar-refractivity contribution in [2.24, 2.45) is 0 Å². The molecule has 2 aromatic rings. The summed E-state index contributed by atoms with van der Waals surface area (Å²) in [7, 11) is 0. The second kappa shape index (κ2) is 15.0. The van der Waals surface area contributed by atoms with E-state index < -0.39 is 0 Å². The largest absolute Gasteiger partial charge is 0.490 e. The molecule has 0 bridgehead atoms. The average Bonchev–Trinajstić information content (AvgIpc) is 3.20. The molecule has 2 rings (SSSR count). The van der Waals surface area contributed by atoms with Gasteiger partial charge < -0.3 is 15.2 Å². The Balaban J connectivity index is 2.12. The van der Waals surface area contributed by atoms with Crippen LogP contribution < -0.4 is 15.2 Å². The summed E-state index contributed by atoms with van der Waals surface area (Å²) in [5, 5.41) is 4.83. The van der Waals surface area contributed by atoms with E-state index in [1.54, 1.807) is 4.68 Å². The standard InChI is InChI=1S/C29H49N3O2/c1-6-8-10-12-14-16-21-33-25-20-18-19-24(28(25)34-22-17-15-13-11-9-7-2)32-27(30)23-26(31-32)29(3,4)5/h18-20,23H,6-17,21-22,30H2,1-5H3. The van der Waals surface area contributed by atoms with E-state index in [9.17, 15) is 0 Å². The number of hydrogen-bond acceptors (Lipinski definition) is 4. The maximum atomic E-state index is 6.40. The predicted molar refractivity (Wildman–Crippen MR) is 144 cm³/mol. The summed E-state index contributed by atoms with van der Waals surface area (Å²) in [6.45, 7) is 12.3. The zero-order valence-electron chi connectivity index (χ0n) is 22.5. The SMILES string of the molecule is CCCCCCCCOc1cccc(-n2nc(C(C)(C)C)cc2N)c1OCCCCCCCC. The number of nitrogens with zero attached hydrogens (tertiary/aromatic N) is 2. The van der Waals surface area contributed by atoms with Crippen molar-refractivity contribution >= 4 is 5.82 Å². The highest BCUT2D eigenvalue weighted by Crippen LogP contribution is 2.36. The Bertz CT molecular complexity index is 823. The third-order valence-corrected chi connectivity index (χ3v) is 6.19. The van der Waals surface area contributed by atoms with Crippen molar-refractivity contribution in [3.8, 4) is 17.2 Å². The summed E-state index contributed by atoms with van der Waals surface area (Å²) < 4.78 is 14.4. The van der Waals surface area contributed by atoms with Crippen LogP contribution in [0.1, 0.15) is 117 Å². The van der Waals surface area contributed by atoms with Gasteiger partial charge in [0.05, 0.1) is 18.9 Å². The van der Waals surface area contributed by atoms with Crippen LogP contribution in [-0.2, 0) is 5.41 Å². The molecule has 0 aliphatic carbocycles. The Morgan fingerprint density at radius 2 is 1.35 bits per heavy atom. The molecule has 0 saturated heterocycles. The second-order valence-corrected chi connectivity index (χ2v) is 10.5. The number of anilines is 1. The molecule has 5 heteroatoms. The van der Waals surface area contributed by atoms with Crippen LogP contribution in [0.5, 0.6) is 11.5 Å². The smallest absolute Gasteiger partial charge is 0.187 e. The molecule has 1 aromatic heterocycles. The first-order valence-electron chi connectivity index (χ1n) is 13.6. The molecule has 0 radical (unpaired) electrons. The molecule has 2 N–H and O–H groups in total. The average molecular weight is 472 g/mol. The first-order valence-corrected chi connectivity index (χ1v) is 13.6. The number of benzene rings is 1. The maximum absolute atomic E-state index is 6.40. The van der Waals surface area contributed by atoms with Crippen molar-refractivity contribution in [2.75, 3.05) is 18.9 Å². The van der Waals surface area contributed by atoms with Gasteiger partial charge in [-0.2, -0.15) is 5.10 Å². The number of hydrogen-bond donors (Lipinski definition) is 1. The zero-order chi connectivity index (χ0) is 24.8. The van der Waals surface area contributed by atoms with Crippen LogP contribution in [0.3, 0.4) is 0 Å². The number of nitrogens with two attached hydrogens (primary N) is 1. The van der Waals surface area contributed by atoms with Crippen LogP contribution in [0.15, 0.2) is 24.3 Å². The van der Waals surface area contributed by atoms with Gasteiger partial charge in [0.25, 0.3) is 0 Å². The molecule has 5 nitrogen and oxygen atoms in total. The Labute approximate surface area is 208 Å². The minimum Gasteiger partial charge on any atom is -0.490 e. The molecule has 0 unspecified atom stereocenters. The van der Waals surface area contributed by atoms with E-state index in [0.717, 1.165) is 35.7 Å². The number of nitrogen functional groups attached to an aromatic ring is 1. The fraction of sp³-hybridized carbons (Fsp3) is 0.690. The van der Waals surface area contributed by atoms with Gasteiger partial charge in [0, 0.05) is 11.5 Å². The summed E-state index contributed by atoms with van der Waals surface area (Å²) in [4.78, 5) is 0. The van der Waals surface area contributed by atoms with E-state index in [1.165, 1.54) is 64.2 Å². The molecular weight excluding hydrogens is 422 g/mol. The first kappa shape index (κ1) is 28.1. The summed E-state index contributed by atoms with van der Waals surface area (Å²) in [6, 6.07) is 7.98. The van der Waals surface area contributed by atoms with Gasteiger partial charge in [-0.15, -0.1) is 0 Å². The lowest BCUT2D eigenvalue weighted by Crippen LogP contribution is -2.13. The Kier molecular flexibility index (Phi) is 12.3. The number of rotatable bonds is 17. The zero-order valence-corrected chi connectivity index (χ0v) is 22.5. The molecule has 34 heavy (non-hydrogen) atoms. The highest BCUT2D eigenvalue weighted by Gasteiger charge is 2.22. The lowest BCUT2D eigenvalue weighted by atomic mass is 9.92. The van der Waals surface area contributed by atoms with Gasteiger partial charge in [0.2, 0.25) is 0 Å². The summed E-state index contributed by atoms with van der Waals surface area (Å²) in [5.41, 5.74) is 8.13. The van der Waals surface area contributed by atoms with Gasteiger partial charge in [-0.1, -0.05) is 105 Å². The van der Waals surface area contributed by atoms with E-state index in [0.29, 0.717) is 19.0 Å². The van der Waals surface area contributed by atoms with E-state index >= 15 is 0 Å². The van der Waals surface area contributed by atoms with Crippen LogP contribution in [-0.4, -0.2) is 23.0 Å². The molecular formula is C29H49N3O2. The van der Waals surface area contributed by atoms with Crippen LogP contribution in [0.2, 0.25) is 0 Å². The monoisotopic (exact) mass is 471 g/mol. The summed E-state index contributed by atoms with van der Waals surface area (Å²) >= 11 is 0. The highest BCUT2D eigenvalue weighted by atomic mass is 16.5. The normalized spacial score (nSPS) is 11.7. The Morgan fingerprint density at radius 3 is 1.91 bits per heavy atom. The van der Waals surface area contributed by atoms with E-state index in [1.807, 2.05) is 24.3 Å². The molecule has 1 aromatic carbocycles. The van der Waals surface area contributed by atoms with Crippen molar-refractivity contribution in [3.05, 3.63) is 30.0 Å². The summed E-state index contributed by atoms with van der Waals surface area (Å²) in [5.74, 6) is 2.14. The molecule has 0 atom stereocenters. The van der Waals surface area contributed by atoms with Gasteiger partial charge in [0.1, 0.15) is 11.5 Å². The fourth-order valence-corrected chi connectivity index (χ4v) is 4.01. The molecule has 1 heterocycles. The third kappa shape index (κ3) is 9.23. The van der Waals surface area contributed by atoms with Crippen LogP contribution in [0.4, 0.5) is 5.82 Å².